The number of rotatable bonds is 3. The Hall–Kier alpha value is -1.88. The highest BCUT2D eigenvalue weighted by Gasteiger charge is 2.21. The molecule has 5 heteroatoms. The molecular weight excluding hydrogens is 272 g/mol. The van der Waals surface area contributed by atoms with Crippen molar-refractivity contribution < 1.29 is 9.94 Å². The molecule has 3 rings (SSSR count). The van der Waals surface area contributed by atoms with Crippen molar-refractivity contribution in [3.8, 4) is 5.75 Å². The average Bonchev–Trinajstić information content (AvgIpc) is 3.00. The number of fused-ring (bicyclic) bond motifs is 1. The number of aromatic nitrogens is 1. The Labute approximate surface area is 121 Å². The molecule has 4 nitrogen and oxygen atoms in total. The van der Waals surface area contributed by atoms with Gasteiger partial charge >= 0.3 is 0 Å². The molecule has 1 heterocycles. The Morgan fingerprint density at radius 2 is 2.20 bits per heavy atom. The van der Waals surface area contributed by atoms with Crippen LogP contribution in [0.3, 0.4) is 0 Å². The minimum Gasteiger partial charge on any atom is -0.486 e. The largest absolute Gasteiger partial charge is 0.486 e. The minimum absolute atomic E-state index is 0.488. The van der Waals surface area contributed by atoms with E-state index in [0.717, 1.165) is 46.1 Å². The molecular formula is C15H16N2O2S. The summed E-state index contributed by atoms with van der Waals surface area (Å²) in [6.45, 7) is 4.57. The molecule has 1 aliphatic rings. The van der Waals surface area contributed by atoms with Crippen LogP contribution in [-0.4, -0.2) is 15.9 Å². The molecule has 20 heavy (non-hydrogen) atoms. The van der Waals surface area contributed by atoms with Crippen molar-refractivity contribution in [3.63, 3.8) is 0 Å². The Bertz CT molecular complexity index is 657. The third kappa shape index (κ3) is 2.29. The third-order valence-corrected chi connectivity index (χ3v) is 4.65. The second-order valence-corrected chi connectivity index (χ2v) is 6.15. The predicted molar refractivity (Wildman–Crippen MR) is 79.0 cm³/mol. The van der Waals surface area contributed by atoms with Crippen molar-refractivity contribution in [1.29, 1.82) is 0 Å². The molecule has 0 fully saturated rings. The first kappa shape index (κ1) is 13.1. The highest BCUT2D eigenvalue weighted by atomic mass is 32.1. The summed E-state index contributed by atoms with van der Waals surface area (Å²) in [5.74, 6) is 0.867. The monoisotopic (exact) mass is 288 g/mol. The van der Waals surface area contributed by atoms with Gasteiger partial charge in [-0.2, -0.15) is 0 Å². The van der Waals surface area contributed by atoms with E-state index in [1.165, 1.54) is 4.88 Å². The summed E-state index contributed by atoms with van der Waals surface area (Å²) in [4.78, 5) is 5.71. The zero-order valence-corrected chi connectivity index (χ0v) is 12.3. The predicted octanol–water partition coefficient (Wildman–Crippen LogP) is 3.46. The van der Waals surface area contributed by atoms with Crippen LogP contribution in [0.25, 0.3) is 0 Å². The van der Waals surface area contributed by atoms with E-state index >= 15 is 0 Å². The summed E-state index contributed by atoms with van der Waals surface area (Å²) < 4.78 is 5.91. The van der Waals surface area contributed by atoms with Gasteiger partial charge in [0.05, 0.1) is 11.4 Å². The van der Waals surface area contributed by atoms with Crippen molar-refractivity contribution >= 4 is 17.0 Å². The van der Waals surface area contributed by atoms with E-state index in [4.69, 9.17) is 9.94 Å². The quantitative estimate of drug-likeness (QED) is 0.695. The van der Waals surface area contributed by atoms with Gasteiger partial charge in [-0.25, -0.2) is 4.98 Å². The molecule has 0 aliphatic heterocycles. The molecule has 0 unspecified atom stereocenters. The van der Waals surface area contributed by atoms with Gasteiger partial charge in [0.1, 0.15) is 17.4 Å². The molecule has 1 aromatic carbocycles. The fraction of sp³-hybridized carbons (Fsp3) is 0.333. The van der Waals surface area contributed by atoms with E-state index in [1.807, 2.05) is 25.1 Å². The fourth-order valence-electron chi connectivity index (χ4n) is 2.45. The number of hydrogen-bond donors (Lipinski definition) is 1. The van der Waals surface area contributed by atoms with Gasteiger partial charge < -0.3 is 9.94 Å². The smallest absolute Gasteiger partial charge is 0.140 e. The van der Waals surface area contributed by atoms with Crippen LogP contribution >= 0.6 is 11.3 Å². The molecule has 0 atom stereocenters. The van der Waals surface area contributed by atoms with Gasteiger partial charge in [-0.05, 0) is 32.8 Å². The Morgan fingerprint density at radius 3 is 2.90 bits per heavy atom. The standard InChI is InChI=1S/C15H16N2O2S/c1-9-10(2)20-15(16-9)8-19-14-5-3-4-11-12(14)6-7-13(11)17-18/h3-5,18H,6-8H2,1-2H3/b17-13+. The van der Waals surface area contributed by atoms with Gasteiger partial charge in [0.15, 0.2) is 0 Å². The average molecular weight is 288 g/mol. The van der Waals surface area contributed by atoms with E-state index in [9.17, 15) is 0 Å². The number of oxime groups is 1. The first-order valence-electron chi connectivity index (χ1n) is 6.58. The van der Waals surface area contributed by atoms with Crippen LogP contribution in [0.2, 0.25) is 0 Å². The summed E-state index contributed by atoms with van der Waals surface area (Å²) in [5.41, 5.74) is 3.94. The molecule has 0 bridgehead atoms. The molecule has 0 spiro atoms. The maximum atomic E-state index is 8.98. The zero-order chi connectivity index (χ0) is 14.1. The van der Waals surface area contributed by atoms with Crippen LogP contribution in [0, 0.1) is 13.8 Å². The second kappa shape index (κ2) is 5.25. The lowest BCUT2D eigenvalue weighted by Gasteiger charge is -2.09. The van der Waals surface area contributed by atoms with Crippen LogP contribution in [0.15, 0.2) is 23.4 Å². The molecule has 1 N–H and O–H groups in total. The van der Waals surface area contributed by atoms with Crippen LogP contribution in [0.5, 0.6) is 5.75 Å². The highest BCUT2D eigenvalue weighted by Crippen LogP contribution is 2.31. The van der Waals surface area contributed by atoms with E-state index < -0.39 is 0 Å². The van der Waals surface area contributed by atoms with Gasteiger partial charge in [-0.1, -0.05) is 17.3 Å². The number of thiazole rings is 1. The van der Waals surface area contributed by atoms with Crippen molar-refractivity contribution in [3.05, 3.63) is 44.9 Å². The fourth-order valence-corrected chi connectivity index (χ4v) is 3.30. The van der Waals surface area contributed by atoms with Gasteiger partial charge in [-0.3, -0.25) is 0 Å². The topological polar surface area (TPSA) is 54.7 Å². The number of aryl methyl sites for hydroxylation is 2. The summed E-state index contributed by atoms with van der Waals surface area (Å²) in [5, 5.41) is 13.3. The summed E-state index contributed by atoms with van der Waals surface area (Å²) in [7, 11) is 0. The first-order chi connectivity index (χ1) is 9.69. The SMILES string of the molecule is Cc1nc(COc2cccc3c2CC/C3=N\O)sc1C. The number of ether oxygens (including phenoxy) is 1. The van der Waals surface area contributed by atoms with Gasteiger partial charge in [0.25, 0.3) is 0 Å². The normalized spacial score (nSPS) is 15.6. The lowest BCUT2D eigenvalue weighted by Crippen LogP contribution is -1.99. The van der Waals surface area contributed by atoms with E-state index in [2.05, 4.69) is 17.1 Å². The molecule has 1 aromatic heterocycles. The van der Waals surface area contributed by atoms with Crippen LogP contribution in [0.1, 0.15) is 33.1 Å². The maximum absolute atomic E-state index is 8.98. The van der Waals surface area contributed by atoms with Crippen LogP contribution in [0.4, 0.5) is 0 Å². The van der Waals surface area contributed by atoms with E-state index in [1.54, 1.807) is 11.3 Å². The van der Waals surface area contributed by atoms with E-state index in [-0.39, 0.29) is 0 Å². The Kier molecular flexibility index (Phi) is 3.44. The van der Waals surface area contributed by atoms with Crippen LogP contribution < -0.4 is 4.74 Å². The molecule has 2 aromatic rings. The second-order valence-electron chi connectivity index (χ2n) is 4.87. The lowest BCUT2D eigenvalue weighted by molar-refractivity contribution is 0.302. The summed E-state index contributed by atoms with van der Waals surface area (Å²) in [6.07, 6.45) is 1.63. The number of nitrogens with zero attached hydrogens (tertiary/aromatic N) is 2. The molecule has 0 saturated heterocycles. The third-order valence-electron chi connectivity index (χ3n) is 3.60. The summed E-state index contributed by atoms with van der Waals surface area (Å²) >= 11 is 1.67. The maximum Gasteiger partial charge on any atom is 0.140 e. The molecule has 0 radical (unpaired) electrons. The molecule has 1 aliphatic carbocycles. The van der Waals surface area contributed by atoms with Crippen molar-refractivity contribution in [1.82, 2.24) is 4.98 Å². The first-order valence-corrected chi connectivity index (χ1v) is 7.39. The number of benzene rings is 1. The van der Waals surface area contributed by atoms with Crippen molar-refractivity contribution in [2.75, 3.05) is 0 Å². The summed E-state index contributed by atoms with van der Waals surface area (Å²) in [6, 6.07) is 5.87. The Balaban J connectivity index is 1.81. The van der Waals surface area contributed by atoms with Gasteiger partial charge in [-0.15, -0.1) is 11.3 Å². The highest BCUT2D eigenvalue weighted by molar-refractivity contribution is 7.11. The van der Waals surface area contributed by atoms with Gasteiger partial charge in [0, 0.05) is 16.0 Å². The van der Waals surface area contributed by atoms with Gasteiger partial charge in [0.2, 0.25) is 0 Å². The molecule has 104 valence electrons. The minimum atomic E-state index is 0.488. The van der Waals surface area contributed by atoms with Crippen molar-refractivity contribution in [2.45, 2.75) is 33.3 Å². The molecule has 0 saturated carbocycles. The Morgan fingerprint density at radius 1 is 1.35 bits per heavy atom. The van der Waals surface area contributed by atoms with Crippen LogP contribution in [-0.2, 0) is 13.0 Å². The van der Waals surface area contributed by atoms with Crippen molar-refractivity contribution in [2.24, 2.45) is 5.16 Å². The van der Waals surface area contributed by atoms with E-state index in [0.29, 0.717) is 6.61 Å². The number of hydrogen-bond acceptors (Lipinski definition) is 5. The zero-order valence-electron chi connectivity index (χ0n) is 11.5. The lowest BCUT2D eigenvalue weighted by atomic mass is 10.1. The molecule has 0 amide bonds.